The van der Waals surface area contributed by atoms with E-state index in [1.54, 1.807) is 0 Å². The number of nitrogens with zero attached hydrogens (tertiary/aromatic N) is 4. The molecule has 2 aliphatic rings. The van der Waals surface area contributed by atoms with Gasteiger partial charge in [-0.2, -0.15) is 0 Å². The molecule has 22 heavy (non-hydrogen) atoms. The Morgan fingerprint density at radius 2 is 2.05 bits per heavy atom. The second-order valence-corrected chi connectivity index (χ2v) is 6.72. The first-order chi connectivity index (χ1) is 10.7. The molecular formula is C17H29N5. The third-order valence-electron chi connectivity index (χ3n) is 4.90. The molecule has 122 valence electrons. The molecule has 2 saturated heterocycles. The third kappa shape index (κ3) is 4.04. The zero-order chi connectivity index (χ0) is 15.4. The van der Waals surface area contributed by atoms with Crippen LogP contribution in [0.5, 0.6) is 0 Å². The van der Waals surface area contributed by atoms with Crippen molar-refractivity contribution >= 4 is 0 Å². The first kappa shape index (κ1) is 15.9. The van der Waals surface area contributed by atoms with Gasteiger partial charge >= 0.3 is 0 Å². The standard InChI is InChI=1S/C17H29N5/c1-15-13-22(8-7-18-15)17(16-5-3-4-6-19-16)14-21-11-9-20(2)10-12-21/h3-6,15,17-18H,7-14H2,1-2H3. The van der Waals surface area contributed by atoms with E-state index in [2.05, 4.69) is 51.1 Å². The normalized spacial score (nSPS) is 26.9. The lowest BCUT2D eigenvalue weighted by Gasteiger charge is -2.41. The van der Waals surface area contributed by atoms with E-state index in [1.807, 2.05) is 12.3 Å². The second kappa shape index (κ2) is 7.51. The Balaban J connectivity index is 1.71. The smallest absolute Gasteiger partial charge is 0.0650 e. The number of aromatic nitrogens is 1. The molecule has 0 aromatic carbocycles. The Morgan fingerprint density at radius 3 is 2.73 bits per heavy atom. The van der Waals surface area contributed by atoms with Crippen LogP contribution in [-0.4, -0.2) is 85.1 Å². The van der Waals surface area contributed by atoms with Gasteiger partial charge in [-0.3, -0.25) is 14.8 Å². The summed E-state index contributed by atoms with van der Waals surface area (Å²) in [7, 11) is 2.21. The van der Waals surface area contributed by atoms with Gasteiger partial charge in [0.05, 0.1) is 11.7 Å². The number of rotatable bonds is 4. The highest BCUT2D eigenvalue weighted by Gasteiger charge is 2.28. The van der Waals surface area contributed by atoms with Crippen LogP contribution in [0.25, 0.3) is 0 Å². The van der Waals surface area contributed by atoms with Crippen LogP contribution in [0.2, 0.25) is 0 Å². The van der Waals surface area contributed by atoms with E-state index < -0.39 is 0 Å². The van der Waals surface area contributed by atoms with Crippen LogP contribution >= 0.6 is 0 Å². The maximum absolute atomic E-state index is 4.66. The van der Waals surface area contributed by atoms with Crippen LogP contribution in [-0.2, 0) is 0 Å². The summed E-state index contributed by atoms with van der Waals surface area (Å²) in [5, 5.41) is 3.55. The summed E-state index contributed by atoms with van der Waals surface area (Å²) in [5.41, 5.74) is 1.22. The molecule has 0 spiro atoms. The maximum atomic E-state index is 4.66. The van der Waals surface area contributed by atoms with E-state index in [-0.39, 0.29) is 0 Å². The van der Waals surface area contributed by atoms with E-state index in [1.165, 1.54) is 31.9 Å². The fourth-order valence-electron chi connectivity index (χ4n) is 3.49. The van der Waals surface area contributed by atoms with Crippen molar-refractivity contribution < 1.29 is 0 Å². The summed E-state index contributed by atoms with van der Waals surface area (Å²) in [6.45, 7) is 11.3. The first-order valence-electron chi connectivity index (χ1n) is 8.51. The quantitative estimate of drug-likeness (QED) is 0.884. The first-order valence-corrected chi connectivity index (χ1v) is 8.51. The van der Waals surface area contributed by atoms with Gasteiger partial charge in [0.2, 0.25) is 0 Å². The Morgan fingerprint density at radius 1 is 1.23 bits per heavy atom. The van der Waals surface area contributed by atoms with Gasteiger partial charge < -0.3 is 10.2 Å². The molecule has 1 aromatic rings. The molecule has 2 unspecified atom stereocenters. The molecule has 0 amide bonds. The highest BCUT2D eigenvalue weighted by atomic mass is 15.3. The van der Waals surface area contributed by atoms with E-state index in [9.17, 15) is 0 Å². The summed E-state index contributed by atoms with van der Waals surface area (Å²) >= 11 is 0. The van der Waals surface area contributed by atoms with E-state index in [0.29, 0.717) is 12.1 Å². The summed E-state index contributed by atoms with van der Waals surface area (Å²) in [5.74, 6) is 0. The Labute approximate surface area is 134 Å². The second-order valence-electron chi connectivity index (χ2n) is 6.72. The van der Waals surface area contributed by atoms with Crippen molar-refractivity contribution in [1.29, 1.82) is 0 Å². The highest BCUT2D eigenvalue weighted by Crippen LogP contribution is 2.22. The van der Waals surface area contributed by atoms with Gasteiger partial charge in [-0.25, -0.2) is 0 Å². The lowest BCUT2D eigenvalue weighted by atomic mass is 10.1. The SMILES string of the molecule is CC1CN(C(CN2CCN(C)CC2)c2ccccn2)CCN1. The predicted octanol–water partition coefficient (Wildman–Crippen LogP) is 0.664. The molecule has 2 aliphatic heterocycles. The lowest BCUT2D eigenvalue weighted by Crippen LogP contribution is -2.53. The van der Waals surface area contributed by atoms with Crippen LogP contribution in [0.3, 0.4) is 0 Å². The number of piperazine rings is 2. The molecule has 3 rings (SSSR count). The minimum Gasteiger partial charge on any atom is -0.312 e. The van der Waals surface area contributed by atoms with Crippen LogP contribution in [0.1, 0.15) is 18.7 Å². The van der Waals surface area contributed by atoms with Gasteiger partial charge in [-0.15, -0.1) is 0 Å². The Hall–Kier alpha value is -1.01. The largest absolute Gasteiger partial charge is 0.312 e. The molecule has 0 bridgehead atoms. The molecule has 2 fully saturated rings. The Kier molecular flexibility index (Phi) is 5.41. The molecule has 5 nitrogen and oxygen atoms in total. The van der Waals surface area contributed by atoms with E-state index in [0.717, 1.165) is 26.2 Å². The van der Waals surface area contributed by atoms with Crippen molar-refractivity contribution in [3.05, 3.63) is 30.1 Å². The number of pyridine rings is 1. The number of hydrogen-bond acceptors (Lipinski definition) is 5. The monoisotopic (exact) mass is 303 g/mol. The minimum atomic E-state index is 0.411. The molecule has 1 aromatic heterocycles. The van der Waals surface area contributed by atoms with Crippen molar-refractivity contribution in [1.82, 2.24) is 25.0 Å². The molecule has 1 N–H and O–H groups in total. The lowest BCUT2D eigenvalue weighted by molar-refractivity contribution is 0.0818. The highest BCUT2D eigenvalue weighted by molar-refractivity contribution is 5.10. The zero-order valence-corrected chi connectivity index (χ0v) is 13.9. The molecule has 0 aliphatic carbocycles. The molecule has 5 heteroatoms. The average molecular weight is 303 g/mol. The van der Waals surface area contributed by atoms with Crippen molar-refractivity contribution in [2.75, 3.05) is 59.4 Å². The molecular weight excluding hydrogens is 274 g/mol. The number of nitrogens with one attached hydrogen (secondary N) is 1. The van der Waals surface area contributed by atoms with Crippen LogP contribution in [0.4, 0.5) is 0 Å². The predicted molar refractivity (Wildman–Crippen MR) is 90.0 cm³/mol. The fraction of sp³-hybridized carbons (Fsp3) is 0.706. The molecule has 0 saturated carbocycles. The van der Waals surface area contributed by atoms with E-state index in [4.69, 9.17) is 0 Å². The summed E-state index contributed by atoms with van der Waals surface area (Å²) in [6, 6.07) is 7.29. The number of likely N-dealkylation sites (N-methyl/N-ethyl adjacent to an activating group) is 1. The van der Waals surface area contributed by atoms with Crippen molar-refractivity contribution in [3.8, 4) is 0 Å². The van der Waals surface area contributed by atoms with Gasteiger partial charge in [0.1, 0.15) is 0 Å². The van der Waals surface area contributed by atoms with Gasteiger partial charge in [-0.05, 0) is 26.1 Å². The fourth-order valence-corrected chi connectivity index (χ4v) is 3.49. The molecule has 3 heterocycles. The maximum Gasteiger partial charge on any atom is 0.0650 e. The third-order valence-corrected chi connectivity index (χ3v) is 4.90. The molecule has 0 radical (unpaired) electrons. The summed E-state index contributed by atoms with van der Waals surface area (Å²) < 4.78 is 0. The van der Waals surface area contributed by atoms with Crippen LogP contribution in [0, 0.1) is 0 Å². The minimum absolute atomic E-state index is 0.411. The van der Waals surface area contributed by atoms with Crippen LogP contribution in [0.15, 0.2) is 24.4 Å². The average Bonchev–Trinajstić information content (AvgIpc) is 2.55. The summed E-state index contributed by atoms with van der Waals surface area (Å²) in [4.78, 5) is 12.3. The van der Waals surface area contributed by atoms with Crippen LogP contribution < -0.4 is 5.32 Å². The van der Waals surface area contributed by atoms with Crippen molar-refractivity contribution in [2.45, 2.75) is 19.0 Å². The van der Waals surface area contributed by atoms with Gasteiger partial charge in [0, 0.05) is 64.6 Å². The number of hydrogen-bond donors (Lipinski definition) is 1. The van der Waals surface area contributed by atoms with Gasteiger partial charge in [-0.1, -0.05) is 6.07 Å². The molecule has 2 atom stereocenters. The van der Waals surface area contributed by atoms with E-state index >= 15 is 0 Å². The topological polar surface area (TPSA) is 34.6 Å². The Bertz CT molecular complexity index is 444. The van der Waals surface area contributed by atoms with Crippen molar-refractivity contribution in [2.24, 2.45) is 0 Å². The van der Waals surface area contributed by atoms with Gasteiger partial charge in [0.25, 0.3) is 0 Å². The van der Waals surface area contributed by atoms with Crippen molar-refractivity contribution in [3.63, 3.8) is 0 Å². The van der Waals surface area contributed by atoms with Gasteiger partial charge in [0.15, 0.2) is 0 Å². The summed E-state index contributed by atoms with van der Waals surface area (Å²) in [6.07, 6.45) is 1.93. The zero-order valence-electron chi connectivity index (χ0n) is 13.9.